The van der Waals surface area contributed by atoms with Crippen molar-refractivity contribution < 1.29 is 19.4 Å². The van der Waals surface area contributed by atoms with Gasteiger partial charge in [0.25, 0.3) is 5.91 Å². The van der Waals surface area contributed by atoms with Crippen molar-refractivity contribution in [3.63, 3.8) is 0 Å². The van der Waals surface area contributed by atoms with Crippen molar-refractivity contribution in [1.29, 1.82) is 0 Å². The van der Waals surface area contributed by atoms with Gasteiger partial charge in [-0.05, 0) is 17.7 Å². The fourth-order valence-electron chi connectivity index (χ4n) is 2.50. The van der Waals surface area contributed by atoms with E-state index in [9.17, 15) is 14.7 Å². The Morgan fingerprint density at radius 1 is 1.05 bits per heavy atom. The summed E-state index contributed by atoms with van der Waals surface area (Å²) in [5.74, 6) is -1.39. The van der Waals surface area contributed by atoms with Crippen LogP contribution in [0.4, 0.5) is 5.69 Å². The number of β-lactam (4-membered cyclic amide) rings is 1. The number of hydrogen-bond acceptors (Lipinski definition) is 3. The number of rotatable bonds is 5. The molecular weight excluding hydrogens is 282 g/mol. The molecule has 1 amide bonds. The second-order valence-corrected chi connectivity index (χ2v) is 5.04. The van der Waals surface area contributed by atoms with E-state index in [2.05, 4.69) is 0 Å². The van der Waals surface area contributed by atoms with Gasteiger partial charge in [0.1, 0.15) is 0 Å². The number of anilines is 1. The summed E-state index contributed by atoms with van der Waals surface area (Å²) in [5, 5.41) is 9.38. The van der Waals surface area contributed by atoms with Gasteiger partial charge in [0.2, 0.25) is 0 Å². The lowest BCUT2D eigenvalue weighted by Gasteiger charge is -2.43. The molecule has 0 spiro atoms. The lowest BCUT2D eigenvalue weighted by Crippen LogP contribution is -2.69. The zero-order valence-corrected chi connectivity index (χ0v) is 11.8. The van der Waals surface area contributed by atoms with Crippen molar-refractivity contribution in [2.45, 2.75) is 18.8 Å². The molecule has 1 N–H and O–H groups in total. The summed E-state index contributed by atoms with van der Waals surface area (Å²) in [5.41, 5.74) is 1.47. The number of ether oxygens (including phenoxy) is 1. The zero-order chi connectivity index (χ0) is 15.5. The van der Waals surface area contributed by atoms with E-state index in [0.29, 0.717) is 5.69 Å². The molecule has 0 aliphatic carbocycles. The molecule has 112 valence electrons. The minimum atomic E-state index is -1.07. The van der Waals surface area contributed by atoms with Crippen molar-refractivity contribution in [1.82, 2.24) is 0 Å². The van der Waals surface area contributed by atoms with Gasteiger partial charge in [-0.1, -0.05) is 48.5 Å². The van der Waals surface area contributed by atoms with E-state index < -0.39 is 18.1 Å². The molecule has 1 fully saturated rings. The lowest BCUT2D eigenvalue weighted by atomic mass is 9.96. The van der Waals surface area contributed by atoms with Crippen LogP contribution in [-0.4, -0.2) is 29.1 Å². The Hall–Kier alpha value is -2.66. The van der Waals surface area contributed by atoms with Gasteiger partial charge in [0.05, 0.1) is 6.61 Å². The highest BCUT2D eigenvalue weighted by molar-refractivity contribution is 6.12. The maximum Gasteiger partial charge on any atom is 0.330 e. The maximum atomic E-state index is 12.2. The quantitative estimate of drug-likeness (QED) is 0.858. The minimum absolute atomic E-state index is 0.212. The van der Waals surface area contributed by atoms with E-state index in [0.717, 1.165) is 5.56 Å². The normalized spacial score (nSPS) is 20.5. The van der Waals surface area contributed by atoms with Crippen molar-refractivity contribution in [3.05, 3.63) is 66.2 Å². The van der Waals surface area contributed by atoms with Crippen LogP contribution in [0, 0.1) is 0 Å². The minimum Gasteiger partial charge on any atom is -0.480 e. The number of hydrogen-bond donors (Lipinski definition) is 1. The SMILES string of the molecule is O=C(O)[C@H]1[C@H](OCc2ccccc2)C(=O)N1c1ccccc1. The van der Waals surface area contributed by atoms with Crippen LogP contribution in [0.1, 0.15) is 5.56 Å². The molecule has 3 rings (SSSR count). The number of carboxylic acids is 1. The Kier molecular flexibility index (Phi) is 3.89. The summed E-state index contributed by atoms with van der Waals surface area (Å²) in [6.45, 7) is 0.212. The van der Waals surface area contributed by atoms with Gasteiger partial charge in [0.15, 0.2) is 12.1 Å². The van der Waals surface area contributed by atoms with Gasteiger partial charge in [-0.2, -0.15) is 0 Å². The molecule has 0 saturated carbocycles. The Bertz CT molecular complexity index is 672. The molecule has 1 saturated heterocycles. The van der Waals surface area contributed by atoms with Crippen LogP contribution in [0.2, 0.25) is 0 Å². The first-order valence-electron chi connectivity index (χ1n) is 6.95. The van der Waals surface area contributed by atoms with Crippen molar-refractivity contribution >= 4 is 17.6 Å². The standard InChI is InChI=1S/C17H15NO4/c19-16-15(22-11-12-7-3-1-4-8-12)14(17(20)21)18(16)13-9-5-2-6-10-13/h1-10,14-15H,11H2,(H,20,21)/t14-,15+/m1/s1. The summed E-state index contributed by atoms with van der Waals surface area (Å²) in [6, 6.07) is 17.1. The summed E-state index contributed by atoms with van der Waals surface area (Å²) in [4.78, 5) is 25.0. The average molecular weight is 297 g/mol. The second kappa shape index (κ2) is 5.99. The number of amides is 1. The van der Waals surface area contributed by atoms with Gasteiger partial charge in [-0.15, -0.1) is 0 Å². The fourth-order valence-corrected chi connectivity index (χ4v) is 2.50. The summed E-state index contributed by atoms with van der Waals surface area (Å²) < 4.78 is 5.53. The monoisotopic (exact) mass is 297 g/mol. The van der Waals surface area contributed by atoms with Crippen molar-refractivity contribution in [3.8, 4) is 0 Å². The molecule has 1 heterocycles. The number of aliphatic carboxylic acids is 1. The van der Waals surface area contributed by atoms with Gasteiger partial charge >= 0.3 is 5.97 Å². The van der Waals surface area contributed by atoms with Gasteiger partial charge in [-0.25, -0.2) is 4.79 Å². The summed E-state index contributed by atoms with van der Waals surface area (Å²) in [7, 11) is 0. The molecular formula is C17H15NO4. The van der Waals surface area contributed by atoms with E-state index in [-0.39, 0.29) is 12.5 Å². The first-order valence-corrected chi connectivity index (χ1v) is 6.95. The highest BCUT2D eigenvalue weighted by atomic mass is 16.5. The largest absolute Gasteiger partial charge is 0.480 e. The third-order valence-electron chi connectivity index (χ3n) is 3.61. The first kappa shape index (κ1) is 14.3. The van der Waals surface area contributed by atoms with Crippen LogP contribution in [0.25, 0.3) is 0 Å². The van der Waals surface area contributed by atoms with Crippen LogP contribution in [0.15, 0.2) is 60.7 Å². The zero-order valence-electron chi connectivity index (χ0n) is 11.8. The smallest absolute Gasteiger partial charge is 0.330 e. The number of para-hydroxylation sites is 1. The molecule has 0 aromatic heterocycles. The Morgan fingerprint density at radius 2 is 1.64 bits per heavy atom. The number of nitrogens with zero attached hydrogens (tertiary/aromatic N) is 1. The first-order chi connectivity index (χ1) is 10.7. The van der Waals surface area contributed by atoms with Crippen LogP contribution < -0.4 is 4.90 Å². The van der Waals surface area contributed by atoms with E-state index >= 15 is 0 Å². The number of carbonyl (C=O) groups excluding carboxylic acids is 1. The summed E-state index contributed by atoms with van der Waals surface area (Å²) >= 11 is 0. The highest BCUT2D eigenvalue weighted by Crippen LogP contribution is 2.30. The van der Waals surface area contributed by atoms with Crippen LogP contribution in [0.3, 0.4) is 0 Å². The Morgan fingerprint density at radius 3 is 2.23 bits per heavy atom. The fraction of sp³-hybridized carbons (Fsp3) is 0.176. The number of carbonyl (C=O) groups is 2. The molecule has 2 atom stereocenters. The van der Waals surface area contributed by atoms with Gasteiger partial charge < -0.3 is 9.84 Å². The van der Waals surface area contributed by atoms with E-state index in [4.69, 9.17) is 4.74 Å². The van der Waals surface area contributed by atoms with E-state index in [1.807, 2.05) is 36.4 Å². The Balaban J connectivity index is 1.73. The lowest BCUT2D eigenvalue weighted by molar-refractivity contribution is -0.158. The van der Waals surface area contributed by atoms with E-state index in [1.165, 1.54) is 4.90 Å². The molecule has 5 heteroatoms. The third-order valence-corrected chi connectivity index (χ3v) is 3.61. The topological polar surface area (TPSA) is 66.8 Å². The molecule has 0 radical (unpaired) electrons. The Labute approximate surface area is 127 Å². The predicted molar refractivity (Wildman–Crippen MR) is 80.4 cm³/mol. The number of benzene rings is 2. The van der Waals surface area contributed by atoms with Crippen molar-refractivity contribution in [2.75, 3.05) is 4.90 Å². The third kappa shape index (κ3) is 2.58. The molecule has 0 bridgehead atoms. The molecule has 1 aliphatic heterocycles. The average Bonchev–Trinajstić information content (AvgIpc) is 2.54. The molecule has 1 aliphatic rings. The number of carboxylic acid groups (broad SMARTS) is 1. The maximum absolute atomic E-state index is 12.2. The molecule has 2 aromatic carbocycles. The molecule has 5 nitrogen and oxygen atoms in total. The highest BCUT2D eigenvalue weighted by Gasteiger charge is 2.53. The molecule has 0 unspecified atom stereocenters. The summed E-state index contributed by atoms with van der Waals surface area (Å²) in [6.07, 6.45) is -0.946. The predicted octanol–water partition coefficient (Wildman–Crippen LogP) is 2.07. The van der Waals surface area contributed by atoms with Gasteiger partial charge in [-0.3, -0.25) is 9.69 Å². The van der Waals surface area contributed by atoms with Crippen LogP contribution in [0.5, 0.6) is 0 Å². The van der Waals surface area contributed by atoms with E-state index in [1.54, 1.807) is 24.3 Å². The van der Waals surface area contributed by atoms with Crippen LogP contribution in [-0.2, 0) is 20.9 Å². The second-order valence-electron chi connectivity index (χ2n) is 5.04. The van der Waals surface area contributed by atoms with Crippen molar-refractivity contribution in [2.24, 2.45) is 0 Å². The van der Waals surface area contributed by atoms with Crippen LogP contribution >= 0.6 is 0 Å². The molecule has 22 heavy (non-hydrogen) atoms. The van der Waals surface area contributed by atoms with Gasteiger partial charge in [0, 0.05) is 5.69 Å². The molecule has 2 aromatic rings.